The molecule has 0 fully saturated rings. The molecule has 0 amide bonds. The first-order chi connectivity index (χ1) is 10.9. The summed E-state index contributed by atoms with van der Waals surface area (Å²) < 4.78 is 0. The molecule has 0 aromatic heterocycles. The van der Waals surface area contributed by atoms with Crippen molar-refractivity contribution in [3.63, 3.8) is 0 Å². The van der Waals surface area contributed by atoms with Crippen molar-refractivity contribution in [1.82, 2.24) is 0 Å². The molecule has 0 N–H and O–H groups in total. The quantitative estimate of drug-likeness (QED) is 0.315. The third-order valence-electron chi connectivity index (χ3n) is 3.25. The summed E-state index contributed by atoms with van der Waals surface area (Å²) in [5.74, 6) is 1.06. The molecule has 110 valence electrons. The molecule has 3 aromatic rings. The molecule has 0 bridgehead atoms. The number of rotatable bonds is 6. The van der Waals surface area contributed by atoms with E-state index >= 15 is 0 Å². The second-order valence-electron chi connectivity index (χ2n) is 4.90. The summed E-state index contributed by atoms with van der Waals surface area (Å²) in [5.41, 5.74) is 1.39. The summed E-state index contributed by atoms with van der Waals surface area (Å²) in [6.45, 7) is 0. The van der Waals surface area contributed by atoms with Gasteiger partial charge >= 0.3 is 0 Å². The fraction of sp³-hybridized carbons (Fsp3) is 0.0500. The van der Waals surface area contributed by atoms with E-state index in [0.717, 1.165) is 5.75 Å². The number of thioether (sulfide) groups is 1. The van der Waals surface area contributed by atoms with E-state index < -0.39 is 0 Å². The van der Waals surface area contributed by atoms with Crippen LogP contribution in [0.5, 0.6) is 0 Å². The zero-order valence-electron chi connectivity index (χ0n) is 12.3. The van der Waals surface area contributed by atoms with Crippen molar-refractivity contribution in [3.8, 4) is 0 Å². The van der Waals surface area contributed by atoms with Crippen molar-refractivity contribution in [2.24, 2.45) is 0 Å². The summed E-state index contributed by atoms with van der Waals surface area (Å²) in [4.78, 5) is 2.69. The Kier molecular flexibility index (Phi) is 5.63. The van der Waals surface area contributed by atoms with E-state index in [-0.39, 0.29) is 10.9 Å². The van der Waals surface area contributed by atoms with Crippen LogP contribution in [-0.4, -0.2) is 0 Å². The van der Waals surface area contributed by atoms with Gasteiger partial charge in [0.05, 0.1) is 0 Å². The van der Waals surface area contributed by atoms with Crippen molar-refractivity contribution < 1.29 is 0 Å². The highest BCUT2D eigenvalue weighted by Crippen LogP contribution is 2.31. The molecule has 0 aliphatic heterocycles. The Hall–Kier alpha value is -1.64. The number of benzene rings is 3. The average Bonchev–Trinajstić information content (AvgIpc) is 2.61. The predicted octanol–water partition coefficient (Wildman–Crippen LogP) is 5.78. The molecule has 3 aromatic carbocycles. The molecule has 0 saturated carbocycles. The van der Waals surface area contributed by atoms with Crippen LogP contribution in [0.4, 0.5) is 0 Å². The van der Waals surface area contributed by atoms with Gasteiger partial charge < -0.3 is 0 Å². The molecule has 0 saturated heterocycles. The molecule has 3 rings (SSSR count). The Morgan fingerprint density at radius 2 is 1.23 bits per heavy atom. The second kappa shape index (κ2) is 8.11. The maximum Gasteiger partial charge on any atom is 0.125 e. The van der Waals surface area contributed by atoms with Crippen LogP contribution in [0.25, 0.3) is 0 Å². The molecular weight excluding hydrogens is 304 g/mol. The molecular formula is C20H18S2. The highest BCUT2D eigenvalue weighted by molar-refractivity contribution is 8.17. The van der Waals surface area contributed by atoms with Gasteiger partial charge in [-0.05, 0) is 27.7 Å². The molecule has 2 heteroatoms. The molecule has 0 radical (unpaired) electrons. The van der Waals surface area contributed by atoms with Crippen LogP contribution < -0.4 is 0 Å². The predicted molar refractivity (Wildman–Crippen MR) is 98.8 cm³/mol. The summed E-state index contributed by atoms with van der Waals surface area (Å²) >= 11 is 1.83. The van der Waals surface area contributed by atoms with Crippen molar-refractivity contribution >= 4 is 22.7 Å². The smallest absolute Gasteiger partial charge is 0.125 e. The fourth-order valence-corrected chi connectivity index (χ4v) is 5.30. The molecule has 0 nitrogen and oxygen atoms in total. The summed E-state index contributed by atoms with van der Waals surface area (Å²) in [7, 11) is 0.0986. The molecule has 1 unspecified atom stereocenters. The maximum absolute atomic E-state index is 2.39. The molecule has 0 heterocycles. The highest BCUT2D eigenvalue weighted by atomic mass is 32.2. The van der Waals surface area contributed by atoms with E-state index in [2.05, 4.69) is 96.1 Å². The molecule has 0 aliphatic carbocycles. The zero-order chi connectivity index (χ0) is 15.0. The van der Waals surface area contributed by atoms with Crippen LogP contribution in [0.3, 0.4) is 0 Å². The van der Waals surface area contributed by atoms with Gasteiger partial charge in [0.15, 0.2) is 0 Å². The minimum Gasteiger partial charge on any atom is -0.261 e. The Labute approximate surface area is 139 Å². The van der Waals surface area contributed by atoms with Crippen LogP contribution in [0.2, 0.25) is 0 Å². The summed E-state index contributed by atoms with van der Waals surface area (Å²) in [6.07, 6.45) is 0. The number of hydrogen-bond donors (Lipinski definition) is 0. The van der Waals surface area contributed by atoms with Gasteiger partial charge in [0.1, 0.15) is 10.6 Å². The van der Waals surface area contributed by atoms with Gasteiger partial charge in [0, 0.05) is 0 Å². The van der Waals surface area contributed by atoms with Crippen LogP contribution in [0.1, 0.15) is 5.56 Å². The van der Waals surface area contributed by atoms with Crippen LogP contribution in [0, 0.1) is 5.08 Å². The lowest BCUT2D eigenvalue weighted by Crippen LogP contribution is -2.05. The number of hydrogen-bond acceptors (Lipinski definition) is 1. The third-order valence-corrected chi connectivity index (χ3v) is 6.63. The largest absolute Gasteiger partial charge is 0.261 e. The van der Waals surface area contributed by atoms with Gasteiger partial charge in [-0.15, -0.1) is 10.9 Å². The third kappa shape index (κ3) is 4.43. The Morgan fingerprint density at radius 3 is 1.86 bits per heavy atom. The lowest BCUT2D eigenvalue weighted by atomic mass is 10.2. The SMILES string of the molecule is c1ccc(C[S+]([CH-]Sc2ccccc2)c2ccccc2)cc1. The first-order valence-corrected chi connectivity index (χ1v) is 9.59. The molecule has 22 heavy (non-hydrogen) atoms. The van der Waals surface area contributed by atoms with Crippen molar-refractivity contribution in [1.29, 1.82) is 0 Å². The Morgan fingerprint density at radius 1 is 0.682 bits per heavy atom. The van der Waals surface area contributed by atoms with Crippen molar-refractivity contribution in [2.45, 2.75) is 15.5 Å². The lowest BCUT2D eigenvalue weighted by Gasteiger charge is -2.18. The minimum atomic E-state index is 0.0986. The lowest BCUT2D eigenvalue weighted by molar-refractivity contribution is 1.36. The van der Waals surface area contributed by atoms with Gasteiger partial charge in [0.2, 0.25) is 0 Å². The highest BCUT2D eigenvalue weighted by Gasteiger charge is 2.13. The average molecular weight is 322 g/mol. The van der Waals surface area contributed by atoms with Crippen molar-refractivity contribution in [3.05, 3.63) is 102 Å². The molecule has 0 spiro atoms. The molecule has 0 aliphatic rings. The van der Waals surface area contributed by atoms with Crippen molar-refractivity contribution in [2.75, 3.05) is 0 Å². The van der Waals surface area contributed by atoms with E-state index in [9.17, 15) is 0 Å². The summed E-state index contributed by atoms with van der Waals surface area (Å²) in [6, 6.07) is 32.1. The molecule has 1 atom stereocenters. The van der Waals surface area contributed by atoms with E-state index in [0.29, 0.717) is 0 Å². The van der Waals surface area contributed by atoms with Crippen LogP contribution in [0.15, 0.2) is 101 Å². The maximum atomic E-state index is 2.39. The first kappa shape index (κ1) is 15.3. The summed E-state index contributed by atoms with van der Waals surface area (Å²) in [5, 5.41) is 2.39. The van der Waals surface area contributed by atoms with E-state index in [1.807, 2.05) is 11.8 Å². The second-order valence-corrected chi connectivity index (χ2v) is 7.99. The first-order valence-electron chi connectivity index (χ1n) is 7.25. The van der Waals surface area contributed by atoms with E-state index in [4.69, 9.17) is 0 Å². The minimum absolute atomic E-state index is 0.0986. The normalized spacial score (nSPS) is 12.0. The van der Waals surface area contributed by atoms with E-state index in [1.165, 1.54) is 15.4 Å². The van der Waals surface area contributed by atoms with Gasteiger partial charge in [-0.1, -0.05) is 78.9 Å². The van der Waals surface area contributed by atoms with Crippen LogP contribution >= 0.6 is 11.8 Å². The van der Waals surface area contributed by atoms with Gasteiger partial charge in [-0.25, -0.2) is 0 Å². The Bertz CT molecular complexity index is 666. The Balaban J connectivity index is 1.74. The van der Waals surface area contributed by atoms with Gasteiger partial charge in [0.25, 0.3) is 0 Å². The topological polar surface area (TPSA) is 0 Å². The van der Waals surface area contributed by atoms with Gasteiger partial charge in [-0.3, -0.25) is 11.8 Å². The van der Waals surface area contributed by atoms with Crippen LogP contribution in [-0.2, 0) is 16.6 Å². The van der Waals surface area contributed by atoms with E-state index in [1.54, 1.807) is 0 Å². The zero-order valence-corrected chi connectivity index (χ0v) is 13.9. The monoisotopic (exact) mass is 322 g/mol. The fourth-order valence-electron chi connectivity index (χ4n) is 2.13. The van der Waals surface area contributed by atoms with Gasteiger partial charge in [-0.2, -0.15) is 0 Å². The standard InChI is InChI=1S/C20H18S2/c1-4-10-18(11-5-1)16-22(20-14-8-3-9-15-20)17-21-19-12-6-2-7-13-19/h1-15,17H,16H2.